The second kappa shape index (κ2) is 5.39. The van der Waals surface area contributed by atoms with Crippen molar-refractivity contribution in [3.05, 3.63) is 35.9 Å². The van der Waals surface area contributed by atoms with Crippen LogP contribution >= 0.6 is 0 Å². The van der Waals surface area contributed by atoms with Gasteiger partial charge in [0.25, 0.3) is 0 Å². The molecule has 1 aliphatic carbocycles. The van der Waals surface area contributed by atoms with Crippen LogP contribution in [0.15, 0.2) is 30.3 Å². The van der Waals surface area contributed by atoms with Gasteiger partial charge in [-0.2, -0.15) is 0 Å². The molecule has 1 spiro atoms. The van der Waals surface area contributed by atoms with Crippen LogP contribution in [0.2, 0.25) is 0 Å². The first-order valence-corrected chi connectivity index (χ1v) is 6.71. The molecule has 0 unspecified atom stereocenters. The Kier molecular flexibility index (Phi) is 3.64. The van der Waals surface area contributed by atoms with Gasteiger partial charge in [-0.25, -0.2) is 0 Å². The summed E-state index contributed by atoms with van der Waals surface area (Å²) in [6, 6.07) is 10.2. The molecule has 3 nitrogen and oxygen atoms in total. The first-order valence-electron chi connectivity index (χ1n) is 6.71. The summed E-state index contributed by atoms with van der Waals surface area (Å²) in [4.78, 5) is 0. The van der Waals surface area contributed by atoms with E-state index >= 15 is 0 Å². The minimum absolute atomic E-state index is 0.181. The predicted octanol–water partition coefficient (Wildman–Crippen LogP) is 2.75. The SMILES string of the molecule is c1ccc(COCC2OCC3(CCC3)CO2)cc1. The molecule has 0 aromatic heterocycles. The third-order valence-electron chi connectivity index (χ3n) is 3.93. The molecule has 1 aliphatic heterocycles. The van der Waals surface area contributed by atoms with Crippen LogP contribution < -0.4 is 0 Å². The predicted molar refractivity (Wildman–Crippen MR) is 68.1 cm³/mol. The van der Waals surface area contributed by atoms with Crippen molar-refractivity contribution in [2.75, 3.05) is 19.8 Å². The third kappa shape index (κ3) is 2.74. The van der Waals surface area contributed by atoms with Crippen LogP contribution in [-0.4, -0.2) is 26.1 Å². The zero-order valence-electron chi connectivity index (χ0n) is 10.6. The molecule has 98 valence electrons. The molecular weight excluding hydrogens is 228 g/mol. The number of hydrogen-bond acceptors (Lipinski definition) is 3. The van der Waals surface area contributed by atoms with Crippen molar-refractivity contribution < 1.29 is 14.2 Å². The minimum Gasteiger partial charge on any atom is -0.372 e. The molecular formula is C15H20O3. The lowest BCUT2D eigenvalue weighted by atomic mass is 9.70. The summed E-state index contributed by atoms with van der Waals surface area (Å²) in [7, 11) is 0. The fourth-order valence-corrected chi connectivity index (χ4v) is 2.54. The van der Waals surface area contributed by atoms with Crippen LogP contribution in [0.3, 0.4) is 0 Å². The zero-order valence-corrected chi connectivity index (χ0v) is 10.6. The van der Waals surface area contributed by atoms with Crippen LogP contribution in [0.5, 0.6) is 0 Å². The van der Waals surface area contributed by atoms with Gasteiger partial charge in [-0.3, -0.25) is 0 Å². The summed E-state index contributed by atoms with van der Waals surface area (Å²) >= 11 is 0. The van der Waals surface area contributed by atoms with Crippen molar-refractivity contribution >= 4 is 0 Å². The number of benzene rings is 1. The van der Waals surface area contributed by atoms with Gasteiger partial charge < -0.3 is 14.2 Å². The smallest absolute Gasteiger partial charge is 0.180 e. The van der Waals surface area contributed by atoms with Gasteiger partial charge in [-0.05, 0) is 18.4 Å². The molecule has 1 aromatic carbocycles. The summed E-state index contributed by atoms with van der Waals surface area (Å²) in [6.45, 7) is 2.82. The normalized spacial score (nSPS) is 22.9. The van der Waals surface area contributed by atoms with E-state index in [1.54, 1.807) is 0 Å². The number of rotatable bonds is 4. The van der Waals surface area contributed by atoms with Crippen molar-refractivity contribution in [2.24, 2.45) is 5.41 Å². The average Bonchev–Trinajstić information content (AvgIpc) is 2.39. The molecule has 0 radical (unpaired) electrons. The topological polar surface area (TPSA) is 27.7 Å². The molecule has 1 saturated carbocycles. The Morgan fingerprint density at radius 2 is 1.83 bits per heavy atom. The Morgan fingerprint density at radius 3 is 2.44 bits per heavy atom. The summed E-state index contributed by atoms with van der Waals surface area (Å²) in [6.07, 6.45) is 3.65. The minimum atomic E-state index is -0.181. The first kappa shape index (κ1) is 12.2. The quantitative estimate of drug-likeness (QED) is 0.820. The van der Waals surface area contributed by atoms with E-state index in [0.29, 0.717) is 18.6 Å². The molecule has 18 heavy (non-hydrogen) atoms. The lowest BCUT2D eigenvalue weighted by molar-refractivity contribution is -0.261. The maximum atomic E-state index is 5.73. The van der Waals surface area contributed by atoms with E-state index in [-0.39, 0.29) is 6.29 Å². The highest BCUT2D eigenvalue weighted by atomic mass is 16.7. The highest BCUT2D eigenvalue weighted by molar-refractivity contribution is 5.13. The van der Waals surface area contributed by atoms with Gasteiger partial charge in [0.1, 0.15) is 0 Å². The van der Waals surface area contributed by atoms with Crippen LogP contribution in [0.25, 0.3) is 0 Å². The van der Waals surface area contributed by atoms with Crippen molar-refractivity contribution in [3.8, 4) is 0 Å². The molecule has 1 aromatic rings. The fraction of sp³-hybridized carbons (Fsp3) is 0.600. The van der Waals surface area contributed by atoms with Gasteiger partial charge in [0, 0.05) is 5.41 Å². The van der Waals surface area contributed by atoms with Crippen molar-refractivity contribution in [3.63, 3.8) is 0 Å². The molecule has 0 N–H and O–H groups in total. The molecule has 3 heteroatoms. The molecule has 2 aliphatic rings. The second-order valence-electron chi connectivity index (χ2n) is 5.41. The maximum Gasteiger partial charge on any atom is 0.180 e. The first-order chi connectivity index (χ1) is 8.86. The van der Waals surface area contributed by atoms with Gasteiger partial charge in [-0.15, -0.1) is 0 Å². The molecule has 2 fully saturated rings. The molecule has 1 saturated heterocycles. The molecule has 0 bridgehead atoms. The highest BCUT2D eigenvalue weighted by Gasteiger charge is 2.41. The van der Waals surface area contributed by atoms with Gasteiger partial charge in [-0.1, -0.05) is 36.8 Å². The van der Waals surface area contributed by atoms with E-state index in [9.17, 15) is 0 Å². The van der Waals surface area contributed by atoms with Gasteiger partial charge >= 0.3 is 0 Å². The lowest BCUT2D eigenvalue weighted by Crippen LogP contribution is -2.47. The van der Waals surface area contributed by atoms with Gasteiger partial charge in [0.15, 0.2) is 6.29 Å². The van der Waals surface area contributed by atoms with Gasteiger partial charge in [0.2, 0.25) is 0 Å². The summed E-state index contributed by atoms with van der Waals surface area (Å²) < 4.78 is 17.1. The van der Waals surface area contributed by atoms with E-state index in [2.05, 4.69) is 12.1 Å². The Balaban J connectivity index is 1.37. The van der Waals surface area contributed by atoms with Crippen molar-refractivity contribution in [1.29, 1.82) is 0 Å². The Morgan fingerprint density at radius 1 is 1.11 bits per heavy atom. The van der Waals surface area contributed by atoms with Crippen LogP contribution in [0.4, 0.5) is 0 Å². The van der Waals surface area contributed by atoms with Crippen LogP contribution in [0, 0.1) is 5.41 Å². The molecule has 0 amide bonds. The fourth-order valence-electron chi connectivity index (χ4n) is 2.54. The highest BCUT2D eigenvalue weighted by Crippen LogP contribution is 2.43. The second-order valence-corrected chi connectivity index (χ2v) is 5.41. The number of hydrogen-bond donors (Lipinski definition) is 0. The molecule has 1 heterocycles. The Hall–Kier alpha value is -0.900. The lowest BCUT2D eigenvalue weighted by Gasteiger charge is -2.46. The Labute approximate surface area is 108 Å². The average molecular weight is 248 g/mol. The maximum absolute atomic E-state index is 5.73. The third-order valence-corrected chi connectivity index (χ3v) is 3.93. The molecule has 3 rings (SSSR count). The summed E-state index contributed by atoms with van der Waals surface area (Å²) in [5.74, 6) is 0. The standard InChI is InChI=1S/C15H20O3/c1-2-5-13(6-3-1)9-16-10-14-17-11-15(12-18-14)7-4-8-15/h1-3,5-6,14H,4,7-12H2. The molecule has 0 atom stereocenters. The van der Waals surface area contributed by atoms with E-state index in [4.69, 9.17) is 14.2 Å². The van der Waals surface area contributed by atoms with E-state index < -0.39 is 0 Å². The zero-order chi connectivity index (χ0) is 12.3. The largest absolute Gasteiger partial charge is 0.372 e. The Bertz CT molecular complexity index is 363. The van der Waals surface area contributed by atoms with Crippen LogP contribution in [-0.2, 0) is 20.8 Å². The van der Waals surface area contributed by atoms with E-state index in [0.717, 1.165) is 13.2 Å². The monoisotopic (exact) mass is 248 g/mol. The van der Waals surface area contributed by atoms with E-state index in [1.807, 2.05) is 18.2 Å². The number of ether oxygens (including phenoxy) is 3. The van der Waals surface area contributed by atoms with Crippen molar-refractivity contribution in [1.82, 2.24) is 0 Å². The van der Waals surface area contributed by atoms with E-state index in [1.165, 1.54) is 24.8 Å². The van der Waals surface area contributed by atoms with Crippen molar-refractivity contribution in [2.45, 2.75) is 32.2 Å². The van der Waals surface area contributed by atoms with Crippen LogP contribution in [0.1, 0.15) is 24.8 Å². The summed E-state index contributed by atoms with van der Waals surface area (Å²) in [5.41, 5.74) is 1.53. The van der Waals surface area contributed by atoms with Gasteiger partial charge in [0.05, 0.1) is 26.4 Å². The summed E-state index contributed by atoms with van der Waals surface area (Å²) in [5, 5.41) is 0.